The number of primary amides is 1. The first-order valence-corrected chi connectivity index (χ1v) is 19.5. The molecule has 1 aromatic carbocycles. The van der Waals surface area contributed by atoms with Crippen LogP contribution in [0.2, 0.25) is 0 Å². The van der Waals surface area contributed by atoms with Crippen LogP contribution in [0.5, 0.6) is 0 Å². The van der Waals surface area contributed by atoms with Gasteiger partial charge in [-0.3, -0.25) is 34.4 Å². The molecule has 4 amide bonds. The number of nitrogens with two attached hydrogens (primary N) is 4. The Morgan fingerprint density at radius 3 is 1.74 bits per heavy atom. The van der Waals surface area contributed by atoms with Crippen LogP contribution in [0.1, 0.15) is 107 Å². The highest BCUT2D eigenvalue weighted by molar-refractivity contribution is 5.95. The first-order valence-electron chi connectivity index (χ1n) is 19.5. The number of aliphatic carboxylic acids is 2. The van der Waals surface area contributed by atoms with Crippen LogP contribution in [-0.2, 0) is 35.2 Å². The smallest absolute Gasteiger partial charge is 0.481 e. The van der Waals surface area contributed by atoms with Crippen LogP contribution in [0, 0.1) is 23.2 Å². The largest absolute Gasteiger partial charge is 0.490 e. The summed E-state index contributed by atoms with van der Waals surface area (Å²) in [6.07, 6.45) is 5.31. The summed E-state index contributed by atoms with van der Waals surface area (Å²) in [5.74, 6) is -6.68. The molecular weight excluding hydrogens is 767 g/mol. The average molecular weight is 826 g/mol. The number of nitrogen functional groups attached to an aromatic ring is 1. The highest BCUT2D eigenvalue weighted by Gasteiger charge is 2.38. The molecule has 4 atom stereocenters. The first kappa shape index (κ1) is 48.7. The van der Waals surface area contributed by atoms with Gasteiger partial charge in [0.15, 0.2) is 5.96 Å². The van der Waals surface area contributed by atoms with Gasteiger partial charge in [-0.05, 0) is 62.3 Å². The molecule has 1 aromatic rings. The van der Waals surface area contributed by atoms with Gasteiger partial charge in [-0.15, -0.1) is 0 Å². The van der Waals surface area contributed by atoms with Crippen LogP contribution in [0.15, 0.2) is 29.3 Å². The Hall–Kier alpha value is -5.43. The Balaban J connectivity index is 0.00000151. The Bertz CT molecular complexity index is 1580. The molecule has 58 heavy (non-hydrogen) atoms. The number of carboxylic acids is 2. The minimum absolute atomic E-state index is 0.0541. The minimum atomic E-state index is -5.08. The van der Waals surface area contributed by atoms with E-state index in [1.165, 1.54) is 0 Å². The maximum Gasteiger partial charge on any atom is 0.490 e. The lowest BCUT2D eigenvalue weighted by atomic mass is 9.76. The van der Waals surface area contributed by atoms with E-state index in [1.807, 2.05) is 12.1 Å². The zero-order valence-corrected chi connectivity index (χ0v) is 32.5. The number of amidine groups is 1. The summed E-state index contributed by atoms with van der Waals surface area (Å²) in [6.45, 7) is 0.180. The fourth-order valence-corrected chi connectivity index (χ4v) is 7.22. The zero-order valence-electron chi connectivity index (χ0n) is 32.5. The molecule has 2 aliphatic rings. The topological polar surface area (TPSA) is 319 Å². The molecule has 17 nitrogen and oxygen atoms in total. The number of aliphatic imine (C=N–C) groups is 1. The Morgan fingerprint density at radius 1 is 0.759 bits per heavy atom. The Kier molecular flexibility index (Phi) is 20.5. The van der Waals surface area contributed by atoms with Crippen molar-refractivity contribution in [1.82, 2.24) is 16.0 Å². The SMILES string of the molecule is N=C(N)c1ccc(CC(C(=O)N[C@@H](CCC(=O)O)C(=O)N[C@@H](CCCN=C(N)N)C(=O)N[C@@H](CC2CCCCC2)C(N)=O)C2CCCCC2)cc1.O=C(O)C(F)(F)F. The predicted molar refractivity (Wildman–Crippen MR) is 208 cm³/mol. The molecule has 2 saturated carbocycles. The number of nitrogens with one attached hydrogen (secondary N) is 4. The fourth-order valence-electron chi connectivity index (χ4n) is 7.22. The molecule has 20 heteroatoms. The number of alkyl halides is 3. The molecule has 324 valence electrons. The average Bonchev–Trinajstić information content (AvgIpc) is 3.16. The summed E-state index contributed by atoms with van der Waals surface area (Å²) >= 11 is 0. The lowest BCUT2D eigenvalue weighted by Crippen LogP contribution is -2.57. The van der Waals surface area contributed by atoms with Gasteiger partial charge in [-0.25, -0.2) is 4.79 Å². The number of hydrogen-bond acceptors (Lipinski definition) is 8. The van der Waals surface area contributed by atoms with Crippen molar-refractivity contribution >= 4 is 47.4 Å². The normalized spacial score (nSPS) is 16.8. The van der Waals surface area contributed by atoms with Gasteiger partial charge in [0.25, 0.3) is 0 Å². The van der Waals surface area contributed by atoms with Crippen LogP contribution in [0.4, 0.5) is 13.2 Å². The number of carbonyl (C=O) groups is 6. The molecule has 3 rings (SSSR count). The third kappa shape index (κ3) is 18.2. The number of rotatable bonds is 20. The fraction of sp³-hybridized carbons (Fsp3) is 0.632. The van der Waals surface area contributed by atoms with E-state index in [4.69, 9.17) is 38.2 Å². The van der Waals surface area contributed by atoms with Crippen LogP contribution in [0.25, 0.3) is 0 Å². The van der Waals surface area contributed by atoms with E-state index in [0.717, 1.165) is 69.8 Å². The lowest BCUT2D eigenvalue weighted by Gasteiger charge is -2.31. The third-order valence-corrected chi connectivity index (χ3v) is 10.3. The van der Waals surface area contributed by atoms with E-state index < -0.39 is 66.3 Å². The summed E-state index contributed by atoms with van der Waals surface area (Å²) < 4.78 is 31.7. The number of nitrogens with zero attached hydrogens (tertiary/aromatic N) is 1. The molecule has 2 fully saturated rings. The van der Waals surface area contributed by atoms with Crippen molar-refractivity contribution < 1.29 is 52.2 Å². The summed E-state index contributed by atoms with van der Waals surface area (Å²) in [6, 6.07) is 3.79. The molecule has 0 heterocycles. The summed E-state index contributed by atoms with van der Waals surface area (Å²) in [5.41, 5.74) is 23.6. The Labute approximate surface area is 335 Å². The number of halogens is 3. The predicted octanol–water partition coefficient (Wildman–Crippen LogP) is 2.17. The number of hydrogen-bond donors (Lipinski definition) is 10. The highest BCUT2D eigenvalue weighted by Crippen LogP contribution is 2.33. The second-order valence-corrected chi connectivity index (χ2v) is 14.8. The van der Waals surface area contributed by atoms with E-state index in [2.05, 4.69) is 20.9 Å². The molecule has 1 unspecified atom stereocenters. The van der Waals surface area contributed by atoms with Crippen molar-refractivity contribution in [2.75, 3.05) is 6.54 Å². The number of guanidine groups is 1. The van der Waals surface area contributed by atoms with E-state index >= 15 is 0 Å². The number of carboxylic acid groups (broad SMARTS) is 2. The highest BCUT2D eigenvalue weighted by atomic mass is 19.4. The maximum atomic E-state index is 14.0. The summed E-state index contributed by atoms with van der Waals surface area (Å²) in [7, 11) is 0. The molecule has 0 radical (unpaired) electrons. The van der Waals surface area contributed by atoms with Crippen molar-refractivity contribution in [3.63, 3.8) is 0 Å². The monoisotopic (exact) mass is 825 g/mol. The van der Waals surface area contributed by atoms with Crippen LogP contribution in [-0.4, -0.2) is 88.4 Å². The number of carbonyl (C=O) groups excluding carboxylic acids is 4. The van der Waals surface area contributed by atoms with E-state index in [-0.39, 0.29) is 48.9 Å². The van der Waals surface area contributed by atoms with E-state index in [1.54, 1.807) is 12.1 Å². The van der Waals surface area contributed by atoms with Crippen molar-refractivity contribution in [1.29, 1.82) is 5.41 Å². The number of benzene rings is 1. The van der Waals surface area contributed by atoms with Gasteiger partial charge < -0.3 is 49.1 Å². The van der Waals surface area contributed by atoms with Crippen LogP contribution < -0.4 is 38.9 Å². The quantitative estimate of drug-likeness (QED) is 0.0516. The minimum Gasteiger partial charge on any atom is -0.481 e. The molecule has 0 aromatic heterocycles. The molecule has 0 bridgehead atoms. The molecule has 0 spiro atoms. The standard InChI is InChI=1S/C36H57N9O6.C2HF3O2/c37-31(38)25-15-13-23(14-16-25)20-26(24-10-5-2-6-11-24)33(49)43-28(17-18-30(46)47)35(51)44-27(12-7-19-42-36(40)41)34(50)45-29(32(39)48)21-22-8-3-1-4-9-22;3-2(4,5)1(6)7/h13-16,22,24,26-29H,1-12,17-21H2,(H3,37,38)(H2,39,48)(H,43,49)(H,44,51)(H,45,50)(H,46,47)(H4,40,41,42);(H,6,7)/t26?,27-,28-,29-;/m0./s1. The van der Waals surface area contributed by atoms with Gasteiger partial charge >= 0.3 is 18.1 Å². The molecule has 14 N–H and O–H groups in total. The van der Waals surface area contributed by atoms with Gasteiger partial charge in [0.1, 0.15) is 24.0 Å². The lowest BCUT2D eigenvalue weighted by molar-refractivity contribution is -0.192. The van der Waals surface area contributed by atoms with Crippen molar-refractivity contribution in [2.24, 2.45) is 45.7 Å². The van der Waals surface area contributed by atoms with E-state index in [9.17, 15) is 42.3 Å². The summed E-state index contributed by atoms with van der Waals surface area (Å²) in [5, 5.41) is 32.6. The zero-order chi connectivity index (χ0) is 43.4. The van der Waals surface area contributed by atoms with Gasteiger partial charge in [-0.1, -0.05) is 75.6 Å². The van der Waals surface area contributed by atoms with Gasteiger partial charge in [-0.2, -0.15) is 13.2 Å². The van der Waals surface area contributed by atoms with E-state index in [0.29, 0.717) is 24.8 Å². The van der Waals surface area contributed by atoms with Crippen LogP contribution in [0.3, 0.4) is 0 Å². The first-order chi connectivity index (χ1) is 27.3. The van der Waals surface area contributed by atoms with Gasteiger partial charge in [0.2, 0.25) is 23.6 Å². The second-order valence-electron chi connectivity index (χ2n) is 14.8. The van der Waals surface area contributed by atoms with Gasteiger partial charge in [0.05, 0.1) is 0 Å². The number of amides is 4. The molecule has 0 aliphatic heterocycles. The maximum absolute atomic E-state index is 14.0. The van der Waals surface area contributed by atoms with Gasteiger partial charge in [0, 0.05) is 24.4 Å². The second kappa shape index (κ2) is 24.4. The van der Waals surface area contributed by atoms with Crippen molar-refractivity contribution in [3.8, 4) is 0 Å². The van der Waals surface area contributed by atoms with Crippen molar-refractivity contribution in [3.05, 3.63) is 35.4 Å². The molecule has 2 aliphatic carbocycles. The van der Waals surface area contributed by atoms with Crippen LogP contribution >= 0.6 is 0 Å². The Morgan fingerprint density at radius 2 is 1.26 bits per heavy atom. The molecular formula is C38H58F3N9O8. The summed E-state index contributed by atoms with van der Waals surface area (Å²) in [4.78, 5) is 78.4. The molecule has 0 saturated heterocycles. The van der Waals surface area contributed by atoms with Crippen molar-refractivity contribution in [2.45, 2.75) is 127 Å². The third-order valence-electron chi connectivity index (χ3n) is 10.3.